The maximum atomic E-state index is 12.4. The molecule has 5 heteroatoms. The van der Waals surface area contributed by atoms with E-state index in [9.17, 15) is 14.4 Å². The topological polar surface area (TPSA) is 79.0 Å². The van der Waals surface area contributed by atoms with Gasteiger partial charge in [0.15, 0.2) is 11.6 Å². The highest BCUT2D eigenvalue weighted by molar-refractivity contribution is 6.01. The molecule has 1 saturated heterocycles. The Morgan fingerprint density at radius 1 is 1.05 bits per heavy atom. The van der Waals surface area contributed by atoms with Crippen molar-refractivity contribution >= 4 is 28.4 Å². The number of hydrogen-bond donors (Lipinski definition) is 2. The van der Waals surface area contributed by atoms with E-state index < -0.39 is 5.54 Å². The molecule has 1 aromatic heterocycles. The summed E-state index contributed by atoms with van der Waals surface area (Å²) in [6, 6.07) is 17.8. The molecule has 2 N–H and O–H groups in total. The lowest BCUT2D eigenvalue weighted by molar-refractivity contribution is -0.132. The van der Waals surface area contributed by atoms with Gasteiger partial charge in [-0.15, -0.1) is 6.42 Å². The molecule has 2 heterocycles. The van der Waals surface area contributed by atoms with Crippen molar-refractivity contribution in [1.29, 1.82) is 0 Å². The second-order valence-electron chi connectivity index (χ2n) is 10.7. The molecular weight excluding hydrogens is 484 g/mol. The van der Waals surface area contributed by atoms with Gasteiger partial charge in [0.1, 0.15) is 0 Å². The summed E-state index contributed by atoms with van der Waals surface area (Å²) in [6.07, 6.45) is 10.0. The third-order valence-electron chi connectivity index (χ3n) is 7.01. The molecule has 0 radical (unpaired) electrons. The van der Waals surface area contributed by atoms with Crippen LogP contribution in [0.2, 0.25) is 0 Å². The monoisotopic (exact) mass is 528 g/mol. The second-order valence-corrected chi connectivity index (χ2v) is 10.7. The molecule has 1 aliphatic rings. The van der Waals surface area contributed by atoms with Gasteiger partial charge in [0, 0.05) is 34.7 Å². The minimum absolute atomic E-state index is 0.0112. The first-order valence-electron chi connectivity index (χ1n) is 14.1. The summed E-state index contributed by atoms with van der Waals surface area (Å²) in [6.45, 7) is 11.9. The van der Waals surface area contributed by atoms with Crippen LogP contribution in [0, 0.1) is 31.1 Å². The summed E-state index contributed by atoms with van der Waals surface area (Å²) in [4.78, 5) is 39.0. The molecule has 208 valence electrons. The summed E-state index contributed by atoms with van der Waals surface area (Å²) >= 11 is 0. The number of rotatable bonds is 6. The molecule has 3 aromatic rings. The number of Topliss-reactive ketones (excluding diaryl/α,β-unsaturated/α-hetero) is 2. The van der Waals surface area contributed by atoms with E-state index in [1.165, 1.54) is 5.56 Å². The average molecular weight is 529 g/mol. The molecule has 1 amide bonds. The first-order valence-corrected chi connectivity index (χ1v) is 14.1. The van der Waals surface area contributed by atoms with E-state index in [0.29, 0.717) is 18.5 Å². The molecule has 4 rings (SSSR count). The van der Waals surface area contributed by atoms with Crippen LogP contribution in [-0.2, 0) is 9.59 Å². The van der Waals surface area contributed by atoms with Crippen LogP contribution in [0.3, 0.4) is 0 Å². The van der Waals surface area contributed by atoms with Crippen LogP contribution < -0.4 is 5.32 Å². The van der Waals surface area contributed by atoms with Crippen LogP contribution in [0.15, 0.2) is 54.6 Å². The SMILES string of the molecule is C#Cc1cccc2[nH]c(C(=O)C(C)C)cc12.CCCC1(CCC)NC(=O)CCC(C)C1=O.Cc1ccccc1. The smallest absolute Gasteiger partial charge is 0.220 e. The molecule has 5 nitrogen and oxygen atoms in total. The van der Waals surface area contributed by atoms with Gasteiger partial charge in [-0.3, -0.25) is 14.4 Å². The van der Waals surface area contributed by atoms with E-state index in [1.54, 1.807) is 0 Å². The van der Waals surface area contributed by atoms with Crippen molar-refractivity contribution in [3.8, 4) is 12.3 Å². The van der Waals surface area contributed by atoms with E-state index in [1.807, 2.05) is 63.2 Å². The number of carbonyl (C=O) groups is 3. The van der Waals surface area contributed by atoms with Crippen LogP contribution in [0.1, 0.15) is 94.8 Å². The number of fused-ring (bicyclic) bond motifs is 1. The molecule has 2 aromatic carbocycles. The maximum Gasteiger partial charge on any atom is 0.220 e. The number of hydrogen-bond acceptors (Lipinski definition) is 3. The zero-order chi connectivity index (χ0) is 29.0. The number of nitrogens with one attached hydrogen (secondary N) is 2. The van der Waals surface area contributed by atoms with E-state index >= 15 is 0 Å². The van der Waals surface area contributed by atoms with E-state index in [-0.39, 0.29) is 29.3 Å². The third-order valence-corrected chi connectivity index (χ3v) is 7.01. The highest BCUT2D eigenvalue weighted by Gasteiger charge is 2.42. The Bertz CT molecular complexity index is 1270. The van der Waals surface area contributed by atoms with Gasteiger partial charge in [-0.05, 0) is 44.4 Å². The number of aromatic nitrogens is 1. The molecule has 0 aliphatic carbocycles. The van der Waals surface area contributed by atoms with Gasteiger partial charge >= 0.3 is 0 Å². The quantitative estimate of drug-likeness (QED) is 0.258. The number of amides is 1. The first kappa shape index (κ1) is 31.6. The average Bonchev–Trinajstić information content (AvgIpc) is 3.33. The summed E-state index contributed by atoms with van der Waals surface area (Å²) in [5.41, 5.74) is 3.11. The Hall–Kier alpha value is -3.65. The molecule has 1 atom stereocenters. The van der Waals surface area contributed by atoms with Gasteiger partial charge in [0.25, 0.3) is 0 Å². The van der Waals surface area contributed by atoms with E-state index in [0.717, 1.165) is 42.1 Å². The van der Waals surface area contributed by atoms with Crippen molar-refractivity contribution in [3.05, 3.63) is 71.4 Å². The fraction of sp³-hybridized carbons (Fsp3) is 0.441. The van der Waals surface area contributed by atoms with Gasteiger partial charge in [-0.2, -0.15) is 0 Å². The zero-order valence-corrected chi connectivity index (χ0v) is 24.4. The Morgan fingerprint density at radius 2 is 1.69 bits per heavy atom. The van der Waals surface area contributed by atoms with Gasteiger partial charge in [-0.1, -0.05) is 95.3 Å². The summed E-state index contributed by atoms with van der Waals surface area (Å²) in [7, 11) is 0. The predicted molar refractivity (Wildman–Crippen MR) is 161 cm³/mol. The minimum atomic E-state index is -0.573. The third kappa shape index (κ3) is 8.68. The molecular formula is C34H44N2O3. The fourth-order valence-electron chi connectivity index (χ4n) is 4.95. The number of terminal acetylenes is 1. The molecule has 1 unspecified atom stereocenters. The lowest BCUT2D eigenvalue weighted by atomic mass is 9.79. The lowest BCUT2D eigenvalue weighted by Gasteiger charge is -2.33. The number of aryl methyl sites for hydroxylation is 1. The van der Waals surface area contributed by atoms with Crippen molar-refractivity contribution in [3.63, 3.8) is 0 Å². The van der Waals surface area contributed by atoms with Crippen LogP contribution in [0.5, 0.6) is 0 Å². The highest BCUT2D eigenvalue weighted by atomic mass is 16.2. The molecule has 0 bridgehead atoms. The number of H-pyrrole nitrogens is 1. The van der Waals surface area contributed by atoms with Crippen LogP contribution in [0.4, 0.5) is 0 Å². The fourth-order valence-corrected chi connectivity index (χ4v) is 4.95. The zero-order valence-electron chi connectivity index (χ0n) is 24.4. The van der Waals surface area contributed by atoms with Crippen molar-refractivity contribution < 1.29 is 14.4 Å². The van der Waals surface area contributed by atoms with Crippen LogP contribution >= 0.6 is 0 Å². The number of aromatic amines is 1. The van der Waals surface area contributed by atoms with Crippen LogP contribution in [0.25, 0.3) is 10.9 Å². The van der Waals surface area contributed by atoms with Crippen molar-refractivity contribution in [2.24, 2.45) is 11.8 Å². The molecule has 39 heavy (non-hydrogen) atoms. The summed E-state index contributed by atoms with van der Waals surface area (Å²) in [5.74, 6) is 3.01. The molecule has 1 fully saturated rings. The van der Waals surface area contributed by atoms with Gasteiger partial charge < -0.3 is 10.3 Å². The molecule has 1 aliphatic heterocycles. The Labute approximate surface area is 234 Å². The van der Waals surface area contributed by atoms with Crippen LogP contribution in [-0.4, -0.2) is 28.0 Å². The summed E-state index contributed by atoms with van der Waals surface area (Å²) in [5, 5.41) is 3.92. The predicted octanol–water partition coefficient (Wildman–Crippen LogP) is 7.42. The number of carbonyl (C=O) groups excluding carboxylic acids is 3. The van der Waals surface area contributed by atoms with E-state index in [4.69, 9.17) is 6.42 Å². The molecule has 0 spiro atoms. The second kappa shape index (κ2) is 15.1. The first-order chi connectivity index (χ1) is 18.6. The Morgan fingerprint density at radius 3 is 2.21 bits per heavy atom. The Kier molecular flexibility index (Phi) is 12.2. The highest BCUT2D eigenvalue weighted by Crippen LogP contribution is 2.29. The number of ketones is 2. The standard InChI is InChI=1S/C14H13NO.C13H23NO2.C7H8/c1-4-10-6-5-7-12-11(10)8-13(15-12)14(16)9(2)3;1-4-8-13(9-5-2)12(16)10(3)6-7-11(15)14-13;1-7-5-3-2-4-6-7/h1,5-9,15H,2-3H3;10H,4-9H2,1-3H3,(H,14,15);2-6H,1H3. The van der Waals surface area contributed by atoms with Gasteiger partial charge in [-0.25, -0.2) is 0 Å². The van der Waals surface area contributed by atoms with Crippen molar-refractivity contribution in [2.45, 2.75) is 85.6 Å². The van der Waals surface area contributed by atoms with Gasteiger partial charge in [0.2, 0.25) is 5.91 Å². The Balaban J connectivity index is 0.000000220. The summed E-state index contributed by atoms with van der Waals surface area (Å²) < 4.78 is 0. The maximum absolute atomic E-state index is 12.4. The van der Waals surface area contributed by atoms with E-state index in [2.05, 4.69) is 49.1 Å². The number of benzene rings is 2. The molecule has 0 saturated carbocycles. The minimum Gasteiger partial charge on any atom is -0.352 e. The van der Waals surface area contributed by atoms with Crippen molar-refractivity contribution in [1.82, 2.24) is 10.3 Å². The van der Waals surface area contributed by atoms with Crippen molar-refractivity contribution in [2.75, 3.05) is 0 Å². The largest absolute Gasteiger partial charge is 0.352 e. The normalized spacial score (nSPS) is 16.2. The lowest BCUT2D eigenvalue weighted by Crippen LogP contribution is -2.54. The van der Waals surface area contributed by atoms with Gasteiger partial charge in [0.05, 0.1) is 11.2 Å².